The molecular weight excluding hydrogens is 340 g/mol. The average Bonchev–Trinajstić information content (AvgIpc) is 3.40. The summed E-state index contributed by atoms with van der Waals surface area (Å²) in [6, 6.07) is 12.3. The first-order chi connectivity index (χ1) is 13.4. The van der Waals surface area contributed by atoms with Crippen LogP contribution in [0.25, 0.3) is 5.69 Å². The molecule has 0 radical (unpaired) electrons. The van der Waals surface area contributed by atoms with E-state index in [1.165, 1.54) is 5.69 Å². The zero-order chi connectivity index (χ0) is 18.3. The van der Waals surface area contributed by atoms with Crippen LogP contribution in [0.5, 0.6) is 0 Å². The number of hydrogen-bond acceptors (Lipinski definition) is 5. The monoisotopic (exact) mass is 366 g/mol. The third-order valence-corrected chi connectivity index (χ3v) is 4.94. The molecule has 4 rings (SSSR count). The van der Waals surface area contributed by atoms with E-state index in [0.29, 0.717) is 0 Å². The quantitative estimate of drug-likeness (QED) is 0.613. The molecule has 0 spiro atoms. The van der Waals surface area contributed by atoms with Gasteiger partial charge in [0.1, 0.15) is 5.76 Å². The molecule has 142 valence electrons. The van der Waals surface area contributed by atoms with Crippen LogP contribution in [-0.4, -0.2) is 58.7 Å². The van der Waals surface area contributed by atoms with Crippen LogP contribution >= 0.6 is 0 Å². The SMILES string of the molecule is c1cncc(-n2cccc2CN(CCN2CCOCC2)Cc2ccco2)c1. The molecule has 6 nitrogen and oxygen atoms in total. The highest BCUT2D eigenvalue weighted by Crippen LogP contribution is 2.16. The molecule has 0 N–H and O–H groups in total. The Morgan fingerprint density at radius 2 is 1.96 bits per heavy atom. The molecule has 1 aliphatic rings. The molecule has 0 unspecified atom stereocenters. The number of nitrogens with zero attached hydrogens (tertiary/aromatic N) is 4. The van der Waals surface area contributed by atoms with Crippen molar-refractivity contribution >= 4 is 0 Å². The van der Waals surface area contributed by atoms with Gasteiger partial charge in [0.15, 0.2) is 0 Å². The summed E-state index contributed by atoms with van der Waals surface area (Å²) in [5, 5.41) is 0. The zero-order valence-electron chi connectivity index (χ0n) is 15.5. The summed E-state index contributed by atoms with van der Waals surface area (Å²) in [5.41, 5.74) is 2.33. The highest BCUT2D eigenvalue weighted by atomic mass is 16.5. The van der Waals surface area contributed by atoms with Crippen LogP contribution in [0.2, 0.25) is 0 Å². The van der Waals surface area contributed by atoms with E-state index in [1.807, 2.05) is 24.4 Å². The normalized spacial score (nSPS) is 15.4. The van der Waals surface area contributed by atoms with Gasteiger partial charge in [-0.3, -0.25) is 14.8 Å². The third kappa shape index (κ3) is 4.86. The summed E-state index contributed by atoms with van der Waals surface area (Å²) in [7, 11) is 0. The molecule has 3 aromatic rings. The summed E-state index contributed by atoms with van der Waals surface area (Å²) in [5.74, 6) is 0.997. The second-order valence-electron chi connectivity index (χ2n) is 6.82. The Balaban J connectivity index is 1.46. The summed E-state index contributed by atoms with van der Waals surface area (Å²) < 4.78 is 13.3. The number of morpholine rings is 1. The lowest BCUT2D eigenvalue weighted by Gasteiger charge is -2.30. The van der Waals surface area contributed by atoms with Crippen molar-refractivity contribution in [1.82, 2.24) is 19.4 Å². The maximum absolute atomic E-state index is 5.60. The van der Waals surface area contributed by atoms with Crippen molar-refractivity contribution in [2.24, 2.45) is 0 Å². The van der Waals surface area contributed by atoms with E-state index >= 15 is 0 Å². The molecular formula is C21H26N4O2. The fourth-order valence-corrected chi connectivity index (χ4v) is 3.47. The number of pyridine rings is 1. The largest absolute Gasteiger partial charge is 0.468 e. The Morgan fingerprint density at radius 1 is 1.04 bits per heavy atom. The van der Waals surface area contributed by atoms with Crippen molar-refractivity contribution in [3.8, 4) is 5.69 Å². The van der Waals surface area contributed by atoms with Gasteiger partial charge in [0.2, 0.25) is 0 Å². The van der Waals surface area contributed by atoms with Crippen molar-refractivity contribution in [1.29, 1.82) is 0 Å². The summed E-state index contributed by atoms with van der Waals surface area (Å²) in [6.07, 6.45) is 7.54. The number of rotatable bonds is 8. The maximum atomic E-state index is 5.60. The highest BCUT2D eigenvalue weighted by Gasteiger charge is 2.15. The van der Waals surface area contributed by atoms with Gasteiger partial charge in [0.05, 0.1) is 37.9 Å². The molecule has 0 aliphatic carbocycles. The summed E-state index contributed by atoms with van der Waals surface area (Å²) in [6.45, 7) is 7.38. The molecule has 0 saturated carbocycles. The van der Waals surface area contributed by atoms with E-state index in [2.05, 4.69) is 43.7 Å². The Kier molecular flexibility index (Phi) is 5.99. The summed E-state index contributed by atoms with van der Waals surface area (Å²) >= 11 is 0. The Morgan fingerprint density at radius 3 is 2.74 bits per heavy atom. The van der Waals surface area contributed by atoms with E-state index in [1.54, 1.807) is 12.5 Å². The first kappa shape index (κ1) is 18.0. The van der Waals surface area contributed by atoms with Gasteiger partial charge >= 0.3 is 0 Å². The first-order valence-corrected chi connectivity index (χ1v) is 9.50. The van der Waals surface area contributed by atoms with Crippen LogP contribution in [0.1, 0.15) is 11.5 Å². The summed E-state index contributed by atoms with van der Waals surface area (Å²) in [4.78, 5) is 9.16. The smallest absolute Gasteiger partial charge is 0.117 e. The minimum absolute atomic E-state index is 0.801. The van der Waals surface area contributed by atoms with Crippen LogP contribution in [0.15, 0.2) is 65.7 Å². The van der Waals surface area contributed by atoms with Gasteiger partial charge in [-0.2, -0.15) is 0 Å². The average molecular weight is 366 g/mol. The van der Waals surface area contributed by atoms with Crippen molar-refractivity contribution in [2.45, 2.75) is 13.1 Å². The van der Waals surface area contributed by atoms with Crippen molar-refractivity contribution in [3.63, 3.8) is 0 Å². The number of hydrogen-bond donors (Lipinski definition) is 0. The second kappa shape index (κ2) is 8.99. The lowest BCUT2D eigenvalue weighted by atomic mass is 10.3. The molecule has 4 heterocycles. The minimum Gasteiger partial charge on any atom is -0.468 e. The van der Waals surface area contributed by atoms with Crippen LogP contribution in [0.4, 0.5) is 0 Å². The molecule has 6 heteroatoms. The molecule has 3 aromatic heterocycles. The van der Waals surface area contributed by atoms with Crippen molar-refractivity contribution in [2.75, 3.05) is 39.4 Å². The number of ether oxygens (including phenoxy) is 1. The van der Waals surface area contributed by atoms with Crippen molar-refractivity contribution < 1.29 is 9.15 Å². The van der Waals surface area contributed by atoms with E-state index in [-0.39, 0.29) is 0 Å². The van der Waals surface area contributed by atoms with Gasteiger partial charge in [-0.05, 0) is 36.4 Å². The van der Waals surface area contributed by atoms with Gasteiger partial charge in [0.25, 0.3) is 0 Å². The lowest BCUT2D eigenvalue weighted by Crippen LogP contribution is -2.41. The number of aromatic nitrogens is 2. The van der Waals surface area contributed by atoms with Crippen LogP contribution in [0, 0.1) is 0 Å². The second-order valence-corrected chi connectivity index (χ2v) is 6.82. The Bertz CT molecular complexity index is 795. The van der Waals surface area contributed by atoms with Gasteiger partial charge in [0, 0.05) is 50.8 Å². The van der Waals surface area contributed by atoms with Crippen LogP contribution in [0.3, 0.4) is 0 Å². The van der Waals surface area contributed by atoms with Crippen LogP contribution in [-0.2, 0) is 17.8 Å². The van der Waals surface area contributed by atoms with Gasteiger partial charge in [-0.15, -0.1) is 0 Å². The molecule has 0 amide bonds. The molecule has 1 aliphatic heterocycles. The van der Waals surface area contributed by atoms with Gasteiger partial charge in [-0.1, -0.05) is 0 Å². The molecule has 1 fully saturated rings. The fraction of sp³-hybridized carbons (Fsp3) is 0.381. The van der Waals surface area contributed by atoms with E-state index in [4.69, 9.17) is 9.15 Å². The minimum atomic E-state index is 0.801. The maximum Gasteiger partial charge on any atom is 0.117 e. The Labute approximate surface area is 160 Å². The number of furan rings is 1. The lowest BCUT2D eigenvalue weighted by molar-refractivity contribution is 0.0320. The molecule has 0 atom stereocenters. The predicted molar refractivity (Wildman–Crippen MR) is 104 cm³/mol. The predicted octanol–water partition coefficient (Wildman–Crippen LogP) is 2.80. The van der Waals surface area contributed by atoms with E-state index in [0.717, 1.165) is 63.9 Å². The third-order valence-electron chi connectivity index (χ3n) is 4.94. The highest BCUT2D eigenvalue weighted by molar-refractivity contribution is 5.32. The van der Waals surface area contributed by atoms with Crippen molar-refractivity contribution in [3.05, 3.63) is 72.7 Å². The molecule has 0 bridgehead atoms. The van der Waals surface area contributed by atoms with Gasteiger partial charge < -0.3 is 13.7 Å². The standard InChI is InChI=1S/C21H26N4O2/c1-4-19(16-22-7-1)25-8-2-5-20(25)17-24(18-21-6-3-13-27-21)10-9-23-11-14-26-15-12-23/h1-8,13,16H,9-12,14-15,17-18H2. The topological polar surface area (TPSA) is 46.7 Å². The molecule has 0 aromatic carbocycles. The van der Waals surface area contributed by atoms with Crippen LogP contribution < -0.4 is 0 Å². The molecule has 1 saturated heterocycles. The Hall–Kier alpha value is -2.41. The van der Waals surface area contributed by atoms with Gasteiger partial charge in [-0.25, -0.2) is 0 Å². The fourth-order valence-electron chi connectivity index (χ4n) is 3.47. The first-order valence-electron chi connectivity index (χ1n) is 9.50. The molecule has 27 heavy (non-hydrogen) atoms. The van der Waals surface area contributed by atoms with E-state index < -0.39 is 0 Å². The van der Waals surface area contributed by atoms with E-state index in [9.17, 15) is 0 Å². The zero-order valence-corrected chi connectivity index (χ0v) is 15.5.